The summed E-state index contributed by atoms with van der Waals surface area (Å²) in [6.07, 6.45) is 4.66. The molecule has 2 rings (SSSR count). The van der Waals surface area contributed by atoms with E-state index in [1.165, 1.54) is 5.56 Å². The normalized spacial score (nSPS) is 19.8. The van der Waals surface area contributed by atoms with Crippen LogP contribution in [-0.4, -0.2) is 23.3 Å². The molecule has 0 aromatic heterocycles. The van der Waals surface area contributed by atoms with Crippen LogP contribution in [0.4, 0.5) is 0 Å². The van der Waals surface area contributed by atoms with Gasteiger partial charge in [-0.05, 0) is 18.4 Å². The van der Waals surface area contributed by atoms with Crippen LogP contribution in [0.25, 0.3) is 0 Å². The molecule has 0 amide bonds. The standard InChI is InChI=1S/C15H19NO/c1-2-11-16(14-9-6-10-15(14)17)12-13-7-4-3-5-8-13/h2-5,7-8,14H,1,6,9-12H2/t14-/m0/s1. The van der Waals surface area contributed by atoms with Crippen LogP contribution in [0.3, 0.4) is 0 Å². The summed E-state index contributed by atoms with van der Waals surface area (Å²) in [7, 11) is 0. The molecule has 0 N–H and O–H groups in total. The van der Waals surface area contributed by atoms with E-state index in [9.17, 15) is 4.79 Å². The van der Waals surface area contributed by atoms with Gasteiger partial charge in [0, 0.05) is 19.5 Å². The molecule has 0 heterocycles. The highest BCUT2D eigenvalue weighted by molar-refractivity contribution is 5.85. The van der Waals surface area contributed by atoms with Gasteiger partial charge in [0.2, 0.25) is 0 Å². The van der Waals surface area contributed by atoms with Gasteiger partial charge in [0.1, 0.15) is 5.78 Å². The van der Waals surface area contributed by atoms with Crippen LogP contribution in [0.15, 0.2) is 43.0 Å². The fourth-order valence-electron chi connectivity index (χ4n) is 2.47. The number of benzene rings is 1. The zero-order valence-corrected chi connectivity index (χ0v) is 10.1. The number of rotatable bonds is 5. The van der Waals surface area contributed by atoms with E-state index in [0.717, 1.165) is 32.4 Å². The molecule has 0 aliphatic heterocycles. The zero-order chi connectivity index (χ0) is 12.1. The Labute approximate surface area is 103 Å². The Balaban J connectivity index is 2.07. The summed E-state index contributed by atoms with van der Waals surface area (Å²) in [5.74, 6) is 0.391. The maximum absolute atomic E-state index is 11.8. The van der Waals surface area contributed by atoms with Gasteiger partial charge in [0.05, 0.1) is 6.04 Å². The third-order valence-electron chi connectivity index (χ3n) is 3.31. The topological polar surface area (TPSA) is 20.3 Å². The van der Waals surface area contributed by atoms with E-state index >= 15 is 0 Å². The van der Waals surface area contributed by atoms with Gasteiger partial charge in [0.25, 0.3) is 0 Å². The molecule has 1 aromatic carbocycles. The van der Waals surface area contributed by atoms with Crippen LogP contribution in [0, 0.1) is 0 Å². The minimum absolute atomic E-state index is 0.105. The molecule has 1 aliphatic rings. The molecule has 1 aliphatic carbocycles. The molecule has 0 radical (unpaired) electrons. The summed E-state index contributed by atoms with van der Waals surface area (Å²) in [6, 6.07) is 10.4. The minimum Gasteiger partial charge on any atom is -0.298 e. The van der Waals surface area contributed by atoms with Crippen molar-refractivity contribution in [1.82, 2.24) is 4.90 Å². The summed E-state index contributed by atoms with van der Waals surface area (Å²) in [5.41, 5.74) is 1.26. The minimum atomic E-state index is 0.105. The molecule has 2 heteroatoms. The van der Waals surface area contributed by atoms with Crippen molar-refractivity contribution < 1.29 is 4.79 Å². The lowest BCUT2D eigenvalue weighted by Gasteiger charge is -2.26. The number of hydrogen-bond donors (Lipinski definition) is 0. The van der Waals surface area contributed by atoms with E-state index in [2.05, 4.69) is 23.6 Å². The van der Waals surface area contributed by atoms with Crippen molar-refractivity contribution in [1.29, 1.82) is 0 Å². The highest BCUT2D eigenvalue weighted by atomic mass is 16.1. The van der Waals surface area contributed by atoms with Gasteiger partial charge in [0.15, 0.2) is 0 Å². The number of carbonyl (C=O) groups excluding carboxylic acids is 1. The van der Waals surface area contributed by atoms with Crippen molar-refractivity contribution in [3.8, 4) is 0 Å². The van der Waals surface area contributed by atoms with Crippen LogP contribution in [0.5, 0.6) is 0 Å². The zero-order valence-electron chi connectivity index (χ0n) is 10.1. The number of ketones is 1. The van der Waals surface area contributed by atoms with Gasteiger partial charge in [-0.1, -0.05) is 36.4 Å². The SMILES string of the molecule is C=CCN(Cc1ccccc1)[C@H]1CCCC1=O. The Morgan fingerprint density at radius 2 is 2.12 bits per heavy atom. The maximum atomic E-state index is 11.8. The lowest BCUT2D eigenvalue weighted by Crippen LogP contribution is -2.37. The van der Waals surface area contributed by atoms with Gasteiger partial charge in [-0.3, -0.25) is 9.69 Å². The lowest BCUT2D eigenvalue weighted by molar-refractivity contribution is -0.121. The highest BCUT2D eigenvalue weighted by Gasteiger charge is 2.29. The molecule has 0 unspecified atom stereocenters. The second kappa shape index (κ2) is 5.78. The number of carbonyl (C=O) groups is 1. The second-order valence-corrected chi connectivity index (χ2v) is 4.58. The highest BCUT2D eigenvalue weighted by Crippen LogP contribution is 2.22. The summed E-state index contributed by atoms with van der Waals surface area (Å²) in [5, 5.41) is 0. The molecular weight excluding hydrogens is 210 g/mol. The monoisotopic (exact) mass is 229 g/mol. The molecular formula is C15H19NO. The third kappa shape index (κ3) is 3.04. The Bertz CT molecular complexity index is 385. The molecule has 1 atom stereocenters. The van der Waals surface area contributed by atoms with Crippen molar-refractivity contribution in [2.75, 3.05) is 6.54 Å². The van der Waals surface area contributed by atoms with E-state index in [1.807, 2.05) is 24.3 Å². The first-order valence-corrected chi connectivity index (χ1v) is 6.23. The molecule has 0 spiro atoms. The van der Waals surface area contributed by atoms with Gasteiger partial charge in [-0.25, -0.2) is 0 Å². The molecule has 1 saturated carbocycles. The number of Topliss-reactive ketones (excluding diaryl/α,β-unsaturated/α-hetero) is 1. The van der Waals surface area contributed by atoms with E-state index in [-0.39, 0.29) is 6.04 Å². The summed E-state index contributed by atoms with van der Waals surface area (Å²) in [4.78, 5) is 14.0. The Hall–Kier alpha value is -1.41. The Kier molecular flexibility index (Phi) is 4.10. The van der Waals surface area contributed by atoms with E-state index in [4.69, 9.17) is 0 Å². The fourth-order valence-corrected chi connectivity index (χ4v) is 2.47. The smallest absolute Gasteiger partial charge is 0.149 e. The first kappa shape index (κ1) is 12.1. The van der Waals surface area contributed by atoms with Crippen LogP contribution >= 0.6 is 0 Å². The van der Waals surface area contributed by atoms with Crippen LogP contribution in [0.2, 0.25) is 0 Å². The van der Waals surface area contributed by atoms with Gasteiger partial charge >= 0.3 is 0 Å². The van der Waals surface area contributed by atoms with Gasteiger partial charge in [-0.15, -0.1) is 6.58 Å². The Morgan fingerprint density at radius 3 is 2.71 bits per heavy atom. The van der Waals surface area contributed by atoms with Gasteiger partial charge < -0.3 is 0 Å². The number of hydrogen-bond acceptors (Lipinski definition) is 2. The summed E-state index contributed by atoms with van der Waals surface area (Å²) >= 11 is 0. The van der Waals surface area contributed by atoms with Crippen molar-refractivity contribution in [3.05, 3.63) is 48.6 Å². The maximum Gasteiger partial charge on any atom is 0.149 e. The largest absolute Gasteiger partial charge is 0.298 e. The van der Waals surface area contributed by atoms with Crippen LogP contribution in [-0.2, 0) is 11.3 Å². The van der Waals surface area contributed by atoms with Crippen molar-refractivity contribution in [2.45, 2.75) is 31.8 Å². The molecule has 0 bridgehead atoms. The number of nitrogens with zero attached hydrogens (tertiary/aromatic N) is 1. The average molecular weight is 229 g/mol. The molecule has 1 fully saturated rings. The van der Waals surface area contributed by atoms with E-state index in [1.54, 1.807) is 0 Å². The molecule has 2 nitrogen and oxygen atoms in total. The summed E-state index contributed by atoms with van der Waals surface area (Å²) < 4.78 is 0. The molecule has 90 valence electrons. The van der Waals surface area contributed by atoms with Gasteiger partial charge in [-0.2, -0.15) is 0 Å². The van der Waals surface area contributed by atoms with Crippen molar-refractivity contribution >= 4 is 5.78 Å². The van der Waals surface area contributed by atoms with E-state index < -0.39 is 0 Å². The van der Waals surface area contributed by atoms with E-state index in [0.29, 0.717) is 5.78 Å². The second-order valence-electron chi connectivity index (χ2n) is 4.58. The third-order valence-corrected chi connectivity index (χ3v) is 3.31. The molecule has 0 saturated heterocycles. The first-order valence-electron chi connectivity index (χ1n) is 6.23. The van der Waals surface area contributed by atoms with Crippen LogP contribution in [0.1, 0.15) is 24.8 Å². The lowest BCUT2D eigenvalue weighted by atomic mass is 10.1. The van der Waals surface area contributed by atoms with Crippen molar-refractivity contribution in [3.63, 3.8) is 0 Å². The fraction of sp³-hybridized carbons (Fsp3) is 0.400. The average Bonchev–Trinajstić information content (AvgIpc) is 2.76. The van der Waals surface area contributed by atoms with Crippen LogP contribution < -0.4 is 0 Å². The first-order chi connectivity index (χ1) is 8.31. The summed E-state index contributed by atoms with van der Waals surface area (Å²) in [6.45, 7) is 5.41. The van der Waals surface area contributed by atoms with Crippen molar-refractivity contribution in [2.24, 2.45) is 0 Å². The predicted octanol–water partition coefficient (Wildman–Crippen LogP) is 2.80. The molecule has 17 heavy (non-hydrogen) atoms. The quantitative estimate of drug-likeness (QED) is 0.724. The molecule has 1 aromatic rings. The predicted molar refractivity (Wildman–Crippen MR) is 69.7 cm³/mol. The Morgan fingerprint density at radius 1 is 1.35 bits per heavy atom.